The molecule has 8 rings (SSSR count). The normalized spacial score (nSPS) is 12.8. The van der Waals surface area contributed by atoms with E-state index in [0.29, 0.717) is 63.5 Å². The molecule has 56 heavy (non-hydrogen) atoms. The molecule has 0 atom stereocenters. The smallest absolute Gasteiger partial charge is 0.295 e. The molecule has 2 N–H and O–H groups in total. The van der Waals surface area contributed by atoms with Gasteiger partial charge in [0.05, 0.1) is 44.1 Å². The van der Waals surface area contributed by atoms with E-state index in [1.54, 1.807) is 12.4 Å². The molecule has 1 fully saturated rings. The standard InChI is InChI=1S/C38H35N11O5S2/c1-22-15-28(30(19-39-22)33(50)41-35-43-45-37(52-2)55-35)24-7-8-25-21-49(47-32(25)17-24)10-9-26-18-29(23-5-4-6-27(16-23)48-11-13-54-14-12-48)31(20-40-26)34(51)42-36-44-46-38(53-3)56-36/h4-8,15-21H,9-14H2,1-3H3,(H,41,43,50)(H,42,44,51). The Morgan fingerprint density at radius 3 is 2.14 bits per heavy atom. The summed E-state index contributed by atoms with van der Waals surface area (Å²) in [5.74, 6) is -0.713. The Kier molecular flexibility index (Phi) is 10.6. The van der Waals surface area contributed by atoms with E-state index in [1.165, 1.54) is 14.2 Å². The summed E-state index contributed by atoms with van der Waals surface area (Å²) >= 11 is 2.27. The zero-order valence-corrected chi connectivity index (χ0v) is 32.2. The van der Waals surface area contributed by atoms with Gasteiger partial charge in [0.1, 0.15) is 0 Å². The maximum atomic E-state index is 13.7. The summed E-state index contributed by atoms with van der Waals surface area (Å²) in [4.78, 5) is 38.4. The minimum Gasteiger partial charge on any atom is -0.472 e. The fourth-order valence-electron chi connectivity index (χ4n) is 6.32. The summed E-state index contributed by atoms with van der Waals surface area (Å²) in [6.07, 6.45) is 5.70. The van der Waals surface area contributed by atoms with Gasteiger partial charge < -0.3 is 19.1 Å². The number of rotatable bonds is 12. The van der Waals surface area contributed by atoms with E-state index in [1.807, 2.05) is 60.3 Å². The maximum absolute atomic E-state index is 13.7. The number of hydrogen-bond donors (Lipinski definition) is 2. The van der Waals surface area contributed by atoms with Gasteiger partial charge in [-0.2, -0.15) is 5.10 Å². The van der Waals surface area contributed by atoms with Crippen molar-refractivity contribution in [2.75, 3.05) is 56.1 Å². The third kappa shape index (κ3) is 8.02. The number of aryl methyl sites for hydroxylation is 3. The summed E-state index contributed by atoms with van der Waals surface area (Å²) < 4.78 is 17.7. The minimum atomic E-state index is -0.361. The van der Waals surface area contributed by atoms with Crippen LogP contribution in [0.3, 0.4) is 0 Å². The van der Waals surface area contributed by atoms with Crippen molar-refractivity contribution in [2.45, 2.75) is 19.9 Å². The lowest BCUT2D eigenvalue weighted by molar-refractivity contribution is 0.101. The van der Waals surface area contributed by atoms with E-state index in [-0.39, 0.29) is 11.8 Å². The number of carbonyl (C=O) groups excluding carboxylic acids is 2. The Hall–Kier alpha value is -6.37. The largest absolute Gasteiger partial charge is 0.472 e. The Balaban J connectivity index is 1.04. The Morgan fingerprint density at radius 2 is 1.46 bits per heavy atom. The molecular formula is C38H35N11O5S2. The van der Waals surface area contributed by atoms with Crippen LogP contribution in [-0.2, 0) is 17.7 Å². The lowest BCUT2D eigenvalue weighted by atomic mass is 9.98. The average molecular weight is 790 g/mol. The molecule has 1 aliphatic heterocycles. The molecule has 6 heterocycles. The molecule has 16 nitrogen and oxygen atoms in total. The number of morpholine rings is 1. The summed E-state index contributed by atoms with van der Waals surface area (Å²) in [6, 6.07) is 17.9. The number of nitrogens with one attached hydrogen (secondary N) is 2. The fraction of sp³-hybridized carbons (Fsp3) is 0.237. The lowest BCUT2D eigenvalue weighted by Crippen LogP contribution is -2.36. The van der Waals surface area contributed by atoms with Crippen LogP contribution in [0.2, 0.25) is 0 Å². The first kappa shape index (κ1) is 36.6. The van der Waals surface area contributed by atoms with Gasteiger partial charge in [0, 0.05) is 67.1 Å². The van der Waals surface area contributed by atoms with Gasteiger partial charge in [-0.15, -0.1) is 10.2 Å². The monoisotopic (exact) mass is 789 g/mol. The molecule has 284 valence electrons. The Labute approximate surface area is 328 Å². The third-order valence-corrected chi connectivity index (χ3v) is 10.7. The molecule has 0 radical (unpaired) electrons. The van der Waals surface area contributed by atoms with Crippen LogP contribution >= 0.6 is 22.7 Å². The summed E-state index contributed by atoms with van der Waals surface area (Å²) in [5, 5.41) is 28.6. The van der Waals surface area contributed by atoms with Crippen molar-refractivity contribution in [3.05, 3.63) is 95.7 Å². The van der Waals surface area contributed by atoms with E-state index in [2.05, 4.69) is 53.0 Å². The molecule has 1 saturated heterocycles. The van der Waals surface area contributed by atoms with E-state index in [9.17, 15) is 9.59 Å². The summed E-state index contributed by atoms with van der Waals surface area (Å²) in [7, 11) is 2.99. The van der Waals surface area contributed by atoms with Crippen molar-refractivity contribution in [2.24, 2.45) is 0 Å². The lowest BCUT2D eigenvalue weighted by Gasteiger charge is -2.29. The molecule has 0 unspecified atom stereocenters. The number of benzene rings is 2. The van der Waals surface area contributed by atoms with E-state index in [4.69, 9.17) is 24.3 Å². The minimum absolute atomic E-state index is 0.322. The third-order valence-electron chi connectivity index (χ3n) is 9.09. The molecule has 5 aromatic heterocycles. The molecule has 0 bridgehead atoms. The van der Waals surface area contributed by atoms with Crippen molar-refractivity contribution >= 4 is 61.3 Å². The van der Waals surface area contributed by atoms with E-state index < -0.39 is 0 Å². The summed E-state index contributed by atoms with van der Waals surface area (Å²) in [6.45, 7) is 5.32. The molecule has 0 aliphatic carbocycles. The van der Waals surface area contributed by atoms with Gasteiger partial charge in [0.2, 0.25) is 10.3 Å². The highest BCUT2D eigenvalue weighted by Crippen LogP contribution is 2.32. The first-order valence-electron chi connectivity index (χ1n) is 17.6. The predicted molar refractivity (Wildman–Crippen MR) is 213 cm³/mol. The van der Waals surface area contributed by atoms with Crippen LogP contribution in [0.15, 0.2) is 73.2 Å². The number of hydrogen-bond acceptors (Lipinski definition) is 15. The zero-order chi connectivity index (χ0) is 38.6. The molecule has 0 spiro atoms. The number of amides is 2. The molecule has 7 aromatic rings. The van der Waals surface area contributed by atoms with Crippen LogP contribution in [0.5, 0.6) is 10.4 Å². The van der Waals surface area contributed by atoms with Crippen LogP contribution in [-0.4, -0.2) is 92.5 Å². The number of aromatic nitrogens is 8. The van der Waals surface area contributed by atoms with Crippen LogP contribution in [0.1, 0.15) is 32.1 Å². The van der Waals surface area contributed by atoms with Crippen molar-refractivity contribution in [1.82, 2.24) is 40.1 Å². The van der Waals surface area contributed by atoms with Gasteiger partial charge in [0.25, 0.3) is 22.2 Å². The number of anilines is 3. The quantitative estimate of drug-likeness (QED) is 0.152. The highest BCUT2D eigenvalue weighted by atomic mass is 32.1. The average Bonchev–Trinajstić information content (AvgIpc) is 4.00. The highest BCUT2D eigenvalue weighted by Gasteiger charge is 2.20. The van der Waals surface area contributed by atoms with Gasteiger partial charge in [-0.1, -0.05) is 34.5 Å². The molecular weight excluding hydrogens is 755 g/mol. The second kappa shape index (κ2) is 16.2. The SMILES string of the molecule is COc1nnc(NC(=O)c2cnc(C)cc2-c2ccc3cn(CCc4cc(-c5cccc(N6CCOCC6)c5)c(C(=O)Nc5nnc(OC)s5)cn4)nc3c2)s1. The van der Waals surface area contributed by atoms with Crippen molar-refractivity contribution in [3.8, 4) is 32.6 Å². The van der Waals surface area contributed by atoms with Gasteiger partial charge in [-0.05, 0) is 82.2 Å². The van der Waals surface area contributed by atoms with Crippen LogP contribution in [0, 0.1) is 6.92 Å². The van der Waals surface area contributed by atoms with Gasteiger partial charge in [0.15, 0.2) is 0 Å². The van der Waals surface area contributed by atoms with Crippen LogP contribution in [0.4, 0.5) is 16.0 Å². The molecule has 18 heteroatoms. The first-order valence-corrected chi connectivity index (χ1v) is 19.2. The molecule has 2 aromatic carbocycles. The Bertz CT molecular complexity index is 2550. The predicted octanol–water partition coefficient (Wildman–Crippen LogP) is 5.77. The van der Waals surface area contributed by atoms with E-state index in [0.717, 1.165) is 80.4 Å². The number of methoxy groups -OCH3 is 2. The van der Waals surface area contributed by atoms with Crippen molar-refractivity contribution in [3.63, 3.8) is 0 Å². The highest BCUT2D eigenvalue weighted by molar-refractivity contribution is 7.17. The summed E-state index contributed by atoms with van der Waals surface area (Å²) in [5.41, 5.74) is 7.34. The van der Waals surface area contributed by atoms with Crippen molar-refractivity contribution in [1.29, 1.82) is 0 Å². The number of ether oxygens (including phenoxy) is 3. The number of pyridine rings is 2. The Morgan fingerprint density at radius 1 is 0.804 bits per heavy atom. The first-order chi connectivity index (χ1) is 27.3. The van der Waals surface area contributed by atoms with Gasteiger partial charge >= 0.3 is 0 Å². The fourth-order valence-corrected chi connectivity index (χ4v) is 7.43. The maximum Gasteiger partial charge on any atom is 0.295 e. The number of carbonyl (C=O) groups is 2. The van der Waals surface area contributed by atoms with Gasteiger partial charge in [-0.25, -0.2) is 0 Å². The van der Waals surface area contributed by atoms with Crippen LogP contribution in [0.25, 0.3) is 33.2 Å². The van der Waals surface area contributed by atoms with Crippen LogP contribution < -0.4 is 25.0 Å². The molecule has 1 aliphatic rings. The zero-order valence-electron chi connectivity index (χ0n) is 30.6. The topological polar surface area (TPSA) is 184 Å². The number of nitrogens with zero attached hydrogens (tertiary/aromatic N) is 9. The van der Waals surface area contributed by atoms with Crippen molar-refractivity contribution < 1.29 is 23.8 Å². The van der Waals surface area contributed by atoms with Gasteiger partial charge in [-0.3, -0.25) is 34.9 Å². The second-order valence-electron chi connectivity index (χ2n) is 12.7. The number of fused-ring (bicyclic) bond motifs is 1. The molecule has 0 saturated carbocycles. The second-order valence-corrected chi connectivity index (χ2v) is 14.6. The van der Waals surface area contributed by atoms with E-state index >= 15 is 0 Å². The molecule has 2 amide bonds.